The minimum Gasteiger partial charge on any atom is -0.482 e. The van der Waals surface area contributed by atoms with Crippen LogP contribution in [-0.4, -0.2) is 36.5 Å². The van der Waals surface area contributed by atoms with Gasteiger partial charge in [-0.25, -0.2) is 4.79 Å². The standard InChI is InChI=1S/C28H29NO4/c30-27(20-33-28(31)21-32-26-15-14-24-12-7-13-25(24)18-26)29(19-23-10-5-2-6-11-23)17-16-22-8-3-1-4-9-22/h1-6,8-11,14-15,18H,7,12-13,16-17,19-21H2. The van der Waals surface area contributed by atoms with Crippen molar-refractivity contribution in [1.82, 2.24) is 4.90 Å². The van der Waals surface area contributed by atoms with E-state index in [2.05, 4.69) is 6.07 Å². The number of rotatable bonds is 10. The second-order valence-electron chi connectivity index (χ2n) is 8.27. The van der Waals surface area contributed by atoms with Crippen molar-refractivity contribution in [3.8, 4) is 5.75 Å². The maximum absolute atomic E-state index is 12.9. The molecule has 3 aromatic carbocycles. The van der Waals surface area contributed by atoms with E-state index in [-0.39, 0.29) is 19.1 Å². The van der Waals surface area contributed by atoms with Gasteiger partial charge in [-0.2, -0.15) is 0 Å². The van der Waals surface area contributed by atoms with E-state index in [0.717, 1.165) is 36.8 Å². The molecule has 3 aromatic rings. The fraction of sp³-hybridized carbons (Fsp3) is 0.286. The molecule has 0 unspecified atom stereocenters. The Morgan fingerprint density at radius 2 is 1.48 bits per heavy atom. The molecule has 0 aliphatic heterocycles. The Morgan fingerprint density at radius 1 is 0.788 bits per heavy atom. The van der Waals surface area contributed by atoms with Crippen LogP contribution in [0, 0.1) is 0 Å². The van der Waals surface area contributed by atoms with Crippen LogP contribution in [0.4, 0.5) is 0 Å². The molecule has 0 atom stereocenters. The smallest absolute Gasteiger partial charge is 0.344 e. The molecule has 5 nitrogen and oxygen atoms in total. The maximum Gasteiger partial charge on any atom is 0.344 e. The maximum atomic E-state index is 12.9. The molecule has 1 amide bonds. The molecule has 0 saturated heterocycles. The molecule has 0 bridgehead atoms. The van der Waals surface area contributed by atoms with Crippen LogP contribution < -0.4 is 4.74 Å². The van der Waals surface area contributed by atoms with E-state index >= 15 is 0 Å². The summed E-state index contributed by atoms with van der Waals surface area (Å²) in [5.41, 5.74) is 4.82. The SMILES string of the molecule is O=C(COc1ccc2c(c1)CCC2)OCC(=O)N(CCc1ccccc1)Cc1ccccc1. The predicted octanol–water partition coefficient (Wildman–Crippen LogP) is 4.37. The van der Waals surface area contributed by atoms with Gasteiger partial charge in [-0.1, -0.05) is 66.7 Å². The van der Waals surface area contributed by atoms with Crippen LogP contribution in [0.15, 0.2) is 78.9 Å². The second kappa shape index (κ2) is 11.3. The summed E-state index contributed by atoms with van der Waals surface area (Å²) in [6, 6.07) is 25.8. The molecule has 0 fully saturated rings. The van der Waals surface area contributed by atoms with Gasteiger partial charge in [0.1, 0.15) is 5.75 Å². The first-order valence-corrected chi connectivity index (χ1v) is 11.4. The zero-order valence-electron chi connectivity index (χ0n) is 18.7. The lowest BCUT2D eigenvalue weighted by atomic mass is 10.1. The molecule has 0 heterocycles. The van der Waals surface area contributed by atoms with Crippen LogP contribution in [-0.2, 0) is 40.1 Å². The number of fused-ring (bicyclic) bond motifs is 1. The number of carbonyl (C=O) groups excluding carboxylic acids is 2. The zero-order valence-corrected chi connectivity index (χ0v) is 18.7. The number of nitrogens with zero attached hydrogens (tertiary/aromatic N) is 1. The molecule has 5 heteroatoms. The third-order valence-corrected chi connectivity index (χ3v) is 5.87. The van der Waals surface area contributed by atoms with Crippen LogP contribution in [0.3, 0.4) is 0 Å². The van der Waals surface area contributed by atoms with Gasteiger partial charge in [0.25, 0.3) is 5.91 Å². The molecular weight excluding hydrogens is 414 g/mol. The summed E-state index contributed by atoms with van der Waals surface area (Å²) in [4.78, 5) is 26.8. The molecule has 0 aromatic heterocycles. The van der Waals surface area contributed by atoms with Crippen molar-refractivity contribution in [2.75, 3.05) is 19.8 Å². The van der Waals surface area contributed by atoms with Gasteiger partial charge < -0.3 is 14.4 Å². The van der Waals surface area contributed by atoms with Crippen molar-refractivity contribution in [2.24, 2.45) is 0 Å². The van der Waals surface area contributed by atoms with E-state index in [1.807, 2.05) is 72.8 Å². The van der Waals surface area contributed by atoms with Gasteiger partial charge in [0, 0.05) is 13.1 Å². The third kappa shape index (κ3) is 6.69. The highest BCUT2D eigenvalue weighted by Gasteiger charge is 2.17. The number of carbonyl (C=O) groups is 2. The molecule has 0 spiro atoms. The zero-order chi connectivity index (χ0) is 22.9. The highest BCUT2D eigenvalue weighted by molar-refractivity contribution is 5.81. The second-order valence-corrected chi connectivity index (χ2v) is 8.27. The lowest BCUT2D eigenvalue weighted by Gasteiger charge is -2.23. The van der Waals surface area contributed by atoms with Crippen molar-refractivity contribution in [2.45, 2.75) is 32.2 Å². The quantitative estimate of drug-likeness (QED) is 0.437. The number of esters is 1. The number of hydrogen-bond donors (Lipinski definition) is 0. The van der Waals surface area contributed by atoms with Gasteiger partial charge in [-0.3, -0.25) is 4.79 Å². The number of aryl methyl sites for hydroxylation is 2. The molecule has 1 aliphatic carbocycles. The number of ether oxygens (including phenoxy) is 2. The number of benzene rings is 3. The van der Waals surface area contributed by atoms with Gasteiger partial charge in [0.15, 0.2) is 13.2 Å². The summed E-state index contributed by atoms with van der Waals surface area (Å²) in [7, 11) is 0. The minimum absolute atomic E-state index is 0.214. The van der Waals surface area contributed by atoms with Crippen LogP contribution in [0.2, 0.25) is 0 Å². The topological polar surface area (TPSA) is 55.8 Å². The normalized spacial score (nSPS) is 12.1. The predicted molar refractivity (Wildman–Crippen MR) is 127 cm³/mol. The first-order chi connectivity index (χ1) is 16.2. The summed E-state index contributed by atoms with van der Waals surface area (Å²) in [6.45, 7) is 0.499. The fourth-order valence-electron chi connectivity index (χ4n) is 4.06. The van der Waals surface area contributed by atoms with Crippen LogP contribution in [0.5, 0.6) is 5.75 Å². The number of hydrogen-bond acceptors (Lipinski definition) is 4. The van der Waals surface area contributed by atoms with Gasteiger partial charge in [0.05, 0.1) is 0 Å². The summed E-state index contributed by atoms with van der Waals surface area (Å²) in [6.07, 6.45) is 4.04. The molecule has 1 aliphatic rings. The minimum atomic E-state index is -0.549. The van der Waals surface area contributed by atoms with Crippen molar-refractivity contribution >= 4 is 11.9 Å². The van der Waals surface area contributed by atoms with Crippen LogP contribution in [0.1, 0.15) is 28.7 Å². The Morgan fingerprint density at radius 3 is 2.24 bits per heavy atom. The first kappa shape index (κ1) is 22.6. The fourth-order valence-corrected chi connectivity index (χ4v) is 4.06. The Labute approximate surface area is 194 Å². The summed E-state index contributed by atoms with van der Waals surface area (Å²) < 4.78 is 10.8. The van der Waals surface area contributed by atoms with Crippen LogP contribution in [0.25, 0.3) is 0 Å². The third-order valence-electron chi connectivity index (χ3n) is 5.87. The van der Waals surface area contributed by atoms with Gasteiger partial charge in [-0.05, 0) is 60.1 Å². The molecule has 170 valence electrons. The lowest BCUT2D eigenvalue weighted by molar-refractivity contribution is -0.153. The van der Waals surface area contributed by atoms with E-state index in [0.29, 0.717) is 18.8 Å². The first-order valence-electron chi connectivity index (χ1n) is 11.4. The molecule has 33 heavy (non-hydrogen) atoms. The van der Waals surface area contributed by atoms with Crippen molar-refractivity contribution < 1.29 is 19.1 Å². The van der Waals surface area contributed by atoms with E-state index < -0.39 is 5.97 Å². The van der Waals surface area contributed by atoms with E-state index in [1.54, 1.807) is 4.90 Å². The Hall–Kier alpha value is -3.60. The average molecular weight is 444 g/mol. The highest BCUT2D eigenvalue weighted by Crippen LogP contribution is 2.26. The van der Waals surface area contributed by atoms with E-state index in [1.165, 1.54) is 11.1 Å². The molecule has 0 saturated carbocycles. The largest absolute Gasteiger partial charge is 0.482 e. The Bertz CT molecular complexity index is 1070. The van der Waals surface area contributed by atoms with Gasteiger partial charge >= 0.3 is 5.97 Å². The van der Waals surface area contributed by atoms with E-state index in [4.69, 9.17) is 9.47 Å². The van der Waals surface area contributed by atoms with Crippen molar-refractivity contribution in [3.63, 3.8) is 0 Å². The van der Waals surface area contributed by atoms with Gasteiger partial charge in [-0.15, -0.1) is 0 Å². The molecular formula is C28H29NO4. The van der Waals surface area contributed by atoms with Crippen LogP contribution >= 0.6 is 0 Å². The van der Waals surface area contributed by atoms with Gasteiger partial charge in [0.2, 0.25) is 0 Å². The summed E-state index contributed by atoms with van der Waals surface area (Å²) in [5, 5.41) is 0. The molecule has 4 rings (SSSR count). The monoisotopic (exact) mass is 443 g/mol. The summed E-state index contributed by atoms with van der Waals surface area (Å²) >= 11 is 0. The van der Waals surface area contributed by atoms with E-state index in [9.17, 15) is 9.59 Å². The summed E-state index contributed by atoms with van der Waals surface area (Å²) in [5.74, 6) is -0.111. The highest BCUT2D eigenvalue weighted by atomic mass is 16.6. The average Bonchev–Trinajstić information content (AvgIpc) is 3.33. The number of amides is 1. The van der Waals surface area contributed by atoms with Crippen molar-refractivity contribution in [1.29, 1.82) is 0 Å². The Kier molecular flexibility index (Phi) is 7.75. The van der Waals surface area contributed by atoms with Crippen molar-refractivity contribution in [3.05, 3.63) is 101 Å². The Balaban J connectivity index is 1.29. The lowest BCUT2D eigenvalue weighted by Crippen LogP contribution is -2.36. The molecule has 0 radical (unpaired) electrons. The molecule has 0 N–H and O–H groups in total.